The van der Waals surface area contributed by atoms with Crippen molar-refractivity contribution in [2.45, 2.75) is 50.7 Å². The molecular formula is C28H31ClN4O6S. The molecule has 0 bridgehead atoms. The zero-order valence-corrected chi connectivity index (χ0v) is 23.9. The summed E-state index contributed by atoms with van der Waals surface area (Å²) in [7, 11) is -4.34. The maximum Gasteiger partial charge on any atom is 0.271 e. The highest BCUT2D eigenvalue weighted by Crippen LogP contribution is 2.28. The number of carbonyl (C=O) groups excluding carboxylic acids is 2. The molecule has 2 amide bonds. The van der Waals surface area contributed by atoms with Crippen LogP contribution < -0.4 is 9.62 Å². The molecule has 12 heteroatoms. The Morgan fingerprint density at radius 3 is 2.25 bits per heavy atom. The predicted octanol–water partition coefficient (Wildman–Crippen LogP) is 4.78. The fraction of sp³-hybridized carbons (Fsp3) is 0.286. The van der Waals surface area contributed by atoms with E-state index in [0.717, 1.165) is 10.4 Å². The highest BCUT2D eigenvalue weighted by Gasteiger charge is 2.34. The van der Waals surface area contributed by atoms with Crippen LogP contribution in [0, 0.1) is 10.1 Å². The molecule has 1 N–H and O–H groups in total. The van der Waals surface area contributed by atoms with Gasteiger partial charge in [0.1, 0.15) is 12.6 Å². The number of nitro groups is 1. The fourth-order valence-corrected chi connectivity index (χ4v) is 5.74. The molecule has 40 heavy (non-hydrogen) atoms. The molecule has 0 aromatic heterocycles. The van der Waals surface area contributed by atoms with Crippen LogP contribution in [0.15, 0.2) is 83.8 Å². The second kappa shape index (κ2) is 13.4. The van der Waals surface area contributed by atoms with Crippen molar-refractivity contribution < 1.29 is 22.9 Å². The molecule has 3 aromatic rings. The van der Waals surface area contributed by atoms with E-state index in [1.165, 1.54) is 47.4 Å². The summed E-state index contributed by atoms with van der Waals surface area (Å²) in [5.74, 6) is -1.08. The highest BCUT2D eigenvalue weighted by atomic mass is 35.5. The Kier molecular flexibility index (Phi) is 10.2. The smallest absolute Gasteiger partial charge is 0.271 e. The maximum atomic E-state index is 14.0. The first-order valence-corrected chi connectivity index (χ1v) is 14.4. The van der Waals surface area contributed by atoms with Crippen molar-refractivity contribution >= 4 is 44.8 Å². The Bertz CT molecular complexity index is 1470. The molecule has 0 saturated carbocycles. The van der Waals surface area contributed by atoms with E-state index in [4.69, 9.17) is 11.6 Å². The van der Waals surface area contributed by atoms with Gasteiger partial charge < -0.3 is 10.2 Å². The van der Waals surface area contributed by atoms with Crippen molar-refractivity contribution in [3.63, 3.8) is 0 Å². The summed E-state index contributed by atoms with van der Waals surface area (Å²) in [5, 5.41) is 14.7. The molecule has 0 saturated heterocycles. The zero-order valence-electron chi connectivity index (χ0n) is 22.4. The lowest BCUT2D eigenvalue weighted by Gasteiger charge is -2.33. The minimum absolute atomic E-state index is 0.0588. The van der Waals surface area contributed by atoms with Crippen LogP contribution in [0.4, 0.5) is 11.4 Å². The van der Waals surface area contributed by atoms with Gasteiger partial charge in [-0.1, -0.05) is 61.0 Å². The van der Waals surface area contributed by atoms with E-state index in [-0.39, 0.29) is 35.3 Å². The summed E-state index contributed by atoms with van der Waals surface area (Å²) < 4.78 is 28.4. The SMILES string of the molecule is CCC(C(=O)NC(C)C)N(Cc1ccccc1Cl)C(=O)CN(c1cccc([N+](=O)[O-])c1)S(=O)(=O)c1ccccc1. The minimum Gasteiger partial charge on any atom is -0.352 e. The molecule has 0 heterocycles. The quantitative estimate of drug-likeness (QED) is 0.240. The summed E-state index contributed by atoms with van der Waals surface area (Å²) in [6.07, 6.45) is 0.247. The van der Waals surface area contributed by atoms with Gasteiger partial charge in [-0.25, -0.2) is 8.42 Å². The lowest BCUT2D eigenvalue weighted by atomic mass is 10.1. The number of anilines is 1. The Hall–Kier alpha value is -3.96. The van der Waals surface area contributed by atoms with E-state index in [1.807, 2.05) is 0 Å². The van der Waals surface area contributed by atoms with Gasteiger partial charge in [-0.15, -0.1) is 0 Å². The second-order valence-corrected chi connectivity index (χ2v) is 11.6. The number of nitrogens with one attached hydrogen (secondary N) is 1. The van der Waals surface area contributed by atoms with Crippen LogP contribution >= 0.6 is 11.6 Å². The molecule has 0 radical (unpaired) electrons. The molecule has 3 aromatic carbocycles. The molecule has 0 fully saturated rings. The molecule has 0 aliphatic heterocycles. The van der Waals surface area contributed by atoms with Crippen LogP contribution in [0.3, 0.4) is 0 Å². The van der Waals surface area contributed by atoms with E-state index >= 15 is 0 Å². The Morgan fingerprint density at radius 1 is 1.00 bits per heavy atom. The van der Waals surface area contributed by atoms with E-state index in [9.17, 15) is 28.1 Å². The minimum atomic E-state index is -4.34. The number of benzene rings is 3. The number of carbonyl (C=O) groups is 2. The molecule has 1 atom stereocenters. The average molecular weight is 587 g/mol. The Morgan fingerprint density at radius 2 is 1.65 bits per heavy atom. The number of nitro benzene ring substituents is 1. The van der Waals surface area contributed by atoms with Crippen molar-refractivity contribution in [3.05, 3.63) is 99.6 Å². The van der Waals surface area contributed by atoms with Crippen molar-refractivity contribution in [2.24, 2.45) is 0 Å². The largest absolute Gasteiger partial charge is 0.352 e. The van der Waals surface area contributed by atoms with Crippen LogP contribution in [-0.2, 0) is 26.2 Å². The van der Waals surface area contributed by atoms with Crippen molar-refractivity contribution in [1.29, 1.82) is 0 Å². The number of nitrogens with zero attached hydrogens (tertiary/aromatic N) is 3. The summed E-state index contributed by atoms with van der Waals surface area (Å²) in [4.78, 5) is 39.2. The van der Waals surface area contributed by atoms with Crippen LogP contribution in [0.1, 0.15) is 32.8 Å². The first-order valence-electron chi connectivity index (χ1n) is 12.6. The topological polar surface area (TPSA) is 130 Å². The van der Waals surface area contributed by atoms with Gasteiger partial charge in [-0.05, 0) is 50.1 Å². The third kappa shape index (κ3) is 7.36. The zero-order chi connectivity index (χ0) is 29.4. The number of hydrogen-bond donors (Lipinski definition) is 1. The number of hydrogen-bond acceptors (Lipinski definition) is 6. The van der Waals surface area contributed by atoms with Gasteiger partial charge in [0.15, 0.2) is 0 Å². The summed E-state index contributed by atoms with van der Waals surface area (Å²) in [5.41, 5.74) is 0.166. The molecule has 1 unspecified atom stereocenters. The van der Waals surface area contributed by atoms with Crippen molar-refractivity contribution in [3.8, 4) is 0 Å². The third-order valence-corrected chi connectivity index (χ3v) is 8.21. The molecular weight excluding hydrogens is 556 g/mol. The summed E-state index contributed by atoms with van der Waals surface area (Å²) in [6.45, 7) is 4.56. The highest BCUT2D eigenvalue weighted by molar-refractivity contribution is 7.92. The van der Waals surface area contributed by atoms with E-state index in [2.05, 4.69) is 5.32 Å². The number of non-ortho nitro benzene ring substituents is 1. The van der Waals surface area contributed by atoms with Crippen LogP contribution in [0.5, 0.6) is 0 Å². The van der Waals surface area contributed by atoms with Gasteiger partial charge in [0, 0.05) is 29.7 Å². The number of sulfonamides is 1. The van der Waals surface area contributed by atoms with Crippen LogP contribution in [-0.4, -0.2) is 48.7 Å². The number of rotatable bonds is 12. The first-order chi connectivity index (χ1) is 18.9. The van der Waals surface area contributed by atoms with Gasteiger partial charge in [0.2, 0.25) is 11.8 Å². The van der Waals surface area contributed by atoms with Gasteiger partial charge in [-0.2, -0.15) is 0 Å². The maximum absolute atomic E-state index is 14.0. The summed E-state index contributed by atoms with van der Waals surface area (Å²) in [6, 6.07) is 18.2. The lowest BCUT2D eigenvalue weighted by Crippen LogP contribution is -2.53. The number of amides is 2. The molecule has 0 aliphatic carbocycles. The van der Waals surface area contributed by atoms with Gasteiger partial charge >= 0.3 is 0 Å². The molecule has 0 aliphatic rings. The third-order valence-electron chi connectivity index (χ3n) is 6.05. The molecule has 10 nitrogen and oxygen atoms in total. The normalized spacial score (nSPS) is 12.0. The molecule has 0 spiro atoms. The van der Waals surface area contributed by atoms with Gasteiger partial charge in [-0.3, -0.25) is 24.0 Å². The Labute approximate surface area is 238 Å². The number of halogens is 1. The fourth-order valence-electron chi connectivity index (χ4n) is 4.12. The first kappa shape index (κ1) is 30.6. The standard InChI is InChI=1S/C28H31ClN4O6S/c1-4-26(28(35)30-20(2)3)31(18-21-11-8-9-16-25(21)29)27(34)19-32(22-12-10-13-23(17-22)33(36)37)40(38,39)24-14-6-5-7-15-24/h5-17,20,26H,4,18-19H2,1-3H3,(H,30,35). The molecule has 3 rings (SSSR count). The van der Waals surface area contributed by atoms with Gasteiger partial charge in [0.25, 0.3) is 15.7 Å². The Balaban J connectivity index is 2.11. The van der Waals surface area contributed by atoms with E-state index < -0.39 is 39.3 Å². The van der Waals surface area contributed by atoms with E-state index in [0.29, 0.717) is 10.6 Å². The second-order valence-electron chi connectivity index (χ2n) is 9.30. The van der Waals surface area contributed by atoms with Crippen LogP contribution in [0.2, 0.25) is 5.02 Å². The summed E-state index contributed by atoms with van der Waals surface area (Å²) >= 11 is 6.38. The van der Waals surface area contributed by atoms with Crippen LogP contribution in [0.25, 0.3) is 0 Å². The average Bonchev–Trinajstić information content (AvgIpc) is 2.92. The van der Waals surface area contributed by atoms with Crippen molar-refractivity contribution in [2.75, 3.05) is 10.8 Å². The lowest BCUT2D eigenvalue weighted by molar-refractivity contribution is -0.384. The van der Waals surface area contributed by atoms with Gasteiger partial charge in [0.05, 0.1) is 15.5 Å². The molecule has 212 valence electrons. The monoisotopic (exact) mass is 586 g/mol. The van der Waals surface area contributed by atoms with E-state index in [1.54, 1.807) is 51.1 Å². The predicted molar refractivity (Wildman–Crippen MR) is 153 cm³/mol. The van der Waals surface area contributed by atoms with Crippen molar-refractivity contribution in [1.82, 2.24) is 10.2 Å².